The van der Waals surface area contributed by atoms with Crippen LogP contribution in [0.2, 0.25) is 0 Å². The number of ether oxygens (including phenoxy) is 1. The molecule has 0 radical (unpaired) electrons. The second-order valence-electron chi connectivity index (χ2n) is 7.22. The van der Waals surface area contributed by atoms with Gasteiger partial charge in [-0.3, -0.25) is 9.69 Å². The summed E-state index contributed by atoms with van der Waals surface area (Å²) in [4.78, 5) is 27.3. The number of hydrogen-bond donors (Lipinski definition) is 0. The molecule has 5 rings (SSSR count). The van der Waals surface area contributed by atoms with Gasteiger partial charge in [0.2, 0.25) is 5.91 Å². The Morgan fingerprint density at radius 1 is 1.12 bits per heavy atom. The van der Waals surface area contributed by atoms with Gasteiger partial charge in [0, 0.05) is 5.08 Å². The first-order chi connectivity index (χ1) is 16.2. The van der Waals surface area contributed by atoms with Gasteiger partial charge in [0.05, 0.1) is 16.4 Å². The van der Waals surface area contributed by atoms with Crippen LogP contribution in [0.4, 0.5) is 0 Å². The summed E-state index contributed by atoms with van der Waals surface area (Å²) in [5.41, 5.74) is 3.82. The summed E-state index contributed by atoms with van der Waals surface area (Å²) < 4.78 is 7.00. The maximum Gasteiger partial charge on any atom is 0.355 e. The maximum absolute atomic E-state index is 13.4. The molecule has 1 aromatic heterocycles. The highest BCUT2D eigenvalue weighted by Gasteiger charge is 2.46. The summed E-state index contributed by atoms with van der Waals surface area (Å²) in [6.07, 6.45) is 1.75. The Hall–Kier alpha value is -2.27. The molecule has 33 heavy (non-hydrogen) atoms. The zero-order chi connectivity index (χ0) is 22.6. The van der Waals surface area contributed by atoms with Crippen molar-refractivity contribution in [2.45, 2.75) is 26.8 Å². The smallest absolute Gasteiger partial charge is 0.355 e. The number of carbonyl (C=O) groups excluding carboxylic acids is 2. The number of esters is 1. The fraction of sp³-hybridized carbons (Fsp3) is 0.217. The maximum atomic E-state index is 13.4. The largest absolute Gasteiger partial charge is 0.448 e. The average Bonchev–Trinajstić information content (AvgIpc) is 3.36. The van der Waals surface area contributed by atoms with Crippen molar-refractivity contribution in [1.29, 1.82) is 0 Å². The van der Waals surface area contributed by atoms with Gasteiger partial charge in [0.15, 0.2) is 10.4 Å². The highest BCUT2D eigenvalue weighted by molar-refractivity contribution is 8.24. The molecule has 0 bridgehead atoms. The summed E-state index contributed by atoms with van der Waals surface area (Å²) in [6, 6.07) is 19.3. The summed E-state index contributed by atoms with van der Waals surface area (Å²) in [5, 5.41) is 8.66. The van der Waals surface area contributed by atoms with Crippen molar-refractivity contribution < 1.29 is 14.3 Å². The molecule has 2 aromatic carbocycles. The number of hydrogen-bond acceptors (Lipinski definition) is 9. The number of thioether (sulfide) groups is 3. The Balaban J connectivity index is 1.35. The first-order valence-corrected chi connectivity index (χ1v) is 14.1. The fourth-order valence-electron chi connectivity index (χ4n) is 3.57. The van der Waals surface area contributed by atoms with Crippen LogP contribution in [0, 0.1) is 0 Å². The average molecular weight is 514 g/mol. The van der Waals surface area contributed by atoms with Crippen molar-refractivity contribution in [3.63, 3.8) is 0 Å². The molecule has 0 spiro atoms. The third-order valence-electron chi connectivity index (χ3n) is 5.14. The van der Waals surface area contributed by atoms with E-state index in [1.54, 1.807) is 45.7 Å². The molecular formula is C23H19N3O3S4. The van der Waals surface area contributed by atoms with Gasteiger partial charge in [-0.15, -0.1) is 33.7 Å². The van der Waals surface area contributed by atoms with Gasteiger partial charge < -0.3 is 4.74 Å². The molecule has 3 heterocycles. The molecule has 2 aliphatic rings. The fourth-order valence-corrected chi connectivity index (χ4v) is 8.53. The molecule has 6 nitrogen and oxygen atoms in total. The highest BCUT2D eigenvalue weighted by atomic mass is 32.2. The van der Waals surface area contributed by atoms with Crippen LogP contribution < -0.4 is 0 Å². The minimum atomic E-state index is -0.552. The standard InChI is InChI=1S/C23H19N3O3S4/c27-18-12-19-26(18)17(11-20(33-19)31-14-32-23-25-24-13-30-23)22(28)29-21(15-7-3-1-4-8-15)16-9-5-2-6-10-16/h1-11,13,19-21H,12,14H2/t19-,20?/m1/s1. The number of aromatic nitrogens is 2. The lowest BCUT2D eigenvalue weighted by atomic mass is 10.0. The van der Waals surface area contributed by atoms with Crippen molar-refractivity contribution in [1.82, 2.24) is 15.1 Å². The lowest BCUT2D eigenvalue weighted by Gasteiger charge is -2.44. The SMILES string of the molecule is O=C(OC(c1ccccc1)c1ccccc1)C1=CC(SCSc2nncs2)S[C@@H]2CC(=O)N12. The molecule has 1 saturated heterocycles. The lowest BCUT2D eigenvalue weighted by molar-refractivity contribution is -0.151. The summed E-state index contributed by atoms with van der Waals surface area (Å²) in [7, 11) is 0. The van der Waals surface area contributed by atoms with Crippen LogP contribution in [0.3, 0.4) is 0 Å². The van der Waals surface area contributed by atoms with Crippen LogP contribution in [-0.2, 0) is 14.3 Å². The predicted octanol–water partition coefficient (Wildman–Crippen LogP) is 5.17. The van der Waals surface area contributed by atoms with Gasteiger partial charge in [-0.1, -0.05) is 83.8 Å². The molecule has 2 aliphatic heterocycles. The van der Waals surface area contributed by atoms with E-state index >= 15 is 0 Å². The number of benzene rings is 2. The van der Waals surface area contributed by atoms with Gasteiger partial charge in [0.25, 0.3) is 0 Å². The van der Waals surface area contributed by atoms with E-state index in [0.717, 1.165) is 20.6 Å². The topological polar surface area (TPSA) is 72.4 Å². The summed E-state index contributed by atoms with van der Waals surface area (Å²) in [6.45, 7) is 0. The van der Waals surface area contributed by atoms with E-state index in [0.29, 0.717) is 12.1 Å². The van der Waals surface area contributed by atoms with Gasteiger partial charge >= 0.3 is 5.97 Å². The van der Waals surface area contributed by atoms with Crippen LogP contribution >= 0.6 is 46.6 Å². The molecule has 10 heteroatoms. The molecule has 1 unspecified atom stereocenters. The van der Waals surface area contributed by atoms with Gasteiger partial charge in [-0.05, 0) is 17.2 Å². The molecule has 1 amide bonds. The first kappa shape index (κ1) is 22.5. The van der Waals surface area contributed by atoms with E-state index in [-0.39, 0.29) is 15.9 Å². The van der Waals surface area contributed by atoms with Crippen molar-refractivity contribution >= 4 is 58.5 Å². The van der Waals surface area contributed by atoms with Gasteiger partial charge in [-0.25, -0.2) is 4.79 Å². The van der Waals surface area contributed by atoms with Gasteiger partial charge in [0.1, 0.15) is 11.2 Å². The van der Waals surface area contributed by atoms with E-state index in [2.05, 4.69) is 10.2 Å². The summed E-state index contributed by atoms with van der Waals surface area (Å²) >= 11 is 6.54. The number of rotatable bonds is 8. The van der Waals surface area contributed by atoms with Crippen LogP contribution in [0.25, 0.3) is 0 Å². The quantitative estimate of drug-likeness (QED) is 0.177. The Kier molecular flexibility index (Phi) is 7.05. The number of nitrogens with zero attached hydrogens (tertiary/aromatic N) is 3. The van der Waals surface area contributed by atoms with Crippen LogP contribution in [0.5, 0.6) is 0 Å². The Bertz CT molecular complexity index is 1100. The summed E-state index contributed by atoms with van der Waals surface area (Å²) in [5.74, 6) is -0.521. The van der Waals surface area contributed by atoms with Crippen LogP contribution in [-0.4, -0.2) is 42.0 Å². The Labute approximate surface area is 208 Å². The molecule has 168 valence electrons. The number of β-lactam (4-membered cyclic amide) rings is 1. The predicted molar refractivity (Wildman–Crippen MR) is 134 cm³/mol. The van der Waals surface area contributed by atoms with Crippen LogP contribution in [0.15, 0.2) is 82.3 Å². The molecule has 0 aliphatic carbocycles. The van der Waals surface area contributed by atoms with E-state index < -0.39 is 12.1 Å². The molecule has 3 aromatic rings. The van der Waals surface area contributed by atoms with E-state index in [1.807, 2.05) is 66.7 Å². The Morgan fingerprint density at radius 3 is 2.42 bits per heavy atom. The number of amides is 1. The van der Waals surface area contributed by atoms with Gasteiger partial charge in [-0.2, -0.15) is 0 Å². The normalized spacial score (nSPS) is 19.6. The first-order valence-electron chi connectivity index (χ1n) is 10.2. The second kappa shape index (κ2) is 10.3. The highest BCUT2D eigenvalue weighted by Crippen LogP contribution is 2.45. The van der Waals surface area contributed by atoms with Crippen LogP contribution in [0.1, 0.15) is 23.7 Å². The van der Waals surface area contributed by atoms with E-state index in [9.17, 15) is 9.59 Å². The third-order valence-corrected chi connectivity index (χ3v) is 9.92. The van der Waals surface area contributed by atoms with E-state index in [4.69, 9.17) is 4.74 Å². The molecule has 0 N–H and O–H groups in total. The minimum absolute atomic E-state index is 0.0269. The number of carbonyl (C=O) groups is 2. The molecule has 1 fully saturated rings. The zero-order valence-electron chi connectivity index (χ0n) is 17.3. The molecule has 0 saturated carbocycles. The van der Waals surface area contributed by atoms with E-state index in [1.165, 1.54) is 11.3 Å². The number of fused-ring (bicyclic) bond motifs is 1. The third kappa shape index (κ3) is 5.13. The zero-order valence-corrected chi connectivity index (χ0v) is 20.5. The van der Waals surface area contributed by atoms with Crippen molar-refractivity contribution in [3.8, 4) is 0 Å². The Morgan fingerprint density at radius 2 is 1.82 bits per heavy atom. The molecule has 2 atom stereocenters. The van der Waals surface area contributed by atoms with Crippen molar-refractivity contribution in [2.75, 3.05) is 5.08 Å². The monoisotopic (exact) mass is 513 g/mol. The second-order valence-corrected chi connectivity index (χ2v) is 12.4. The van der Waals surface area contributed by atoms with Crippen molar-refractivity contribution in [3.05, 3.63) is 89.1 Å². The van der Waals surface area contributed by atoms with Crippen molar-refractivity contribution in [2.24, 2.45) is 0 Å². The molecular weight excluding hydrogens is 495 g/mol. The lowest BCUT2D eigenvalue weighted by Crippen LogP contribution is -2.54. The minimum Gasteiger partial charge on any atom is -0.448 e.